The maximum absolute atomic E-state index is 11.2. The van der Waals surface area contributed by atoms with Crippen LogP contribution in [0.2, 0.25) is 0 Å². The lowest BCUT2D eigenvalue weighted by atomic mass is 9.79. The Kier molecular flexibility index (Phi) is 4.75. The number of nitrogens with two attached hydrogens (primary N) is 1. The Morgan fingerprint density at radius 2 is 1.84 bits per heavy atom. The van der Waals surface area contributed by atoms with Gasteiger partial charge < -0.3 is 10.8 Å². The van der Waals surface area contributed by atoms with Crippen molar-refractivity contribution in [2.24, 2.45) is 5.73 Å². The monoisotopic (exact) mass is 263 g/mol. The van der Waals surface area contributed by atoms with Crippen molar-refractivity contribution < 1.29 is 9.90 Å². The van der Waals surface area contributed by atoms with Crippen LogP contribution in [0.5, 0.6) is 0 Å². The molecule has 0 amide bonds. The van der Waals surface area contributed by atoms with Gasteiger partial charge in [-0.15, -0.1) is 0 Å². The van der Waals surface area contributed by atoms with Gasteiger partial charge in [-0.05, 0) is 68.7 Å². The van der Waals surface area contributed by atoms with Gasteiger partial charge in [0.15, 0.2) is 0 Å². The molecule has 3 N–H and O–H groups in total. The summed E-state index contributed by atoms with van der Waals surface area (Å²) in [7, 11) is 0. The molecule has 0 bridgehead atoms. The highest BCUT2D eigenvalue weighted by Crippen LogP contribution is 2.33. The van der Waals surface area contributed by atoms with Crippen LogP contribution < -0.4 is 5.73 Å². The Hall–Kier alpha value is -1.35. The van der Waals surface area contributed by atoms with Crippen LogP contribution in [0.1, 0.15) is 54.9 Å². The summed E-state index contributed by atoms with van der Waals surface area (Å²) in [6, 6.07) is 4.22. The molecule has 0 aliphatic carbocycles. The van der Waals surface area contributed by atoms with E-state index in [0.717, 1.165) is 6.42 Å². The van der Waals surface area contributed by atoms with Crippen molar-refractivity contribution in [3.8, 4) is 0 Å². The maximum atomic E-state index is 11.2. The molecule has 0 spiro atoms. The summed E-state index contributed by atoms with van der Waals surface area (Å²) in [6.45, 7) is 9.96. The van der Waals surface area contributed by atoms with Crippen LogP contribution >= 0.6 is 0 Å². The lowest BCUT2D eigenvalue weighted by Crippen LogP contribution is -2.46. The van der Waals surface area contributed by atoms with Crippen molar-refractivity contribution in [3.05, 3.63) is 34.4 Å². The quantitative estimate of drug-likeness (QED) is 0.856. The molecule has 1 rings (SSSR count). The Balaban J connectivity index is 3.18. The number of carbonyl (C=O) groups is 1. The van der Waals surface area contributed by atoms with Crippen molar-refractivity contribution in [2.45, 2.75) is 58.9 Å². The molecule has 3 nitrogen and oxygen atoms in total. The minimum atomic E-state index is -1.18. The van der Waals surface area contributed by atoms with E-state index in [9.17, 15) is 9.90 Å². The minimum absolute atomic E-state index is 0.186. The van der Waals surface area contributed by atoms with E-state index in [1.165, 1.54) is 22.3 Å². The molecule has 1 aromatic rings. The smallest absolute Gasteiger partial charge is 0.323 e. The standard InChI is InChI=1S/C16H25NO2/c1-6-13(9-16(5,17)15(18)19)14-11(3)8-7-10(2)12(14)4/h7-8,13H,6,9,17H2,1-5H3,(H,18,19). The van der Waals surface area contributed by atoms with E-state index < -0.39 is 11.5 Å². The van der Waals surface area contributed by atoms with E-state index >= 15 is 0 Å². The third-order valence-electron chi connectivity index (χ3n) is 4.06. The highest BCUT2D eigenvalue weighted by Gasteiger charge is 2.32. The normalized spacial score (nSPS) is 15.9. The SMILES string of the molecule is CCC(CC(C)(N)C(=O)O)c1c(C)ccc(C)c1C. The van der Waals surface area contributed by atoms with Crippen LogP contribution in [-0.2, 0) is 4.79 Å². The number of carboxylic acid groups (broad SMARTS) is 1. The Morgan fingerprint density at radius 3 is 2.32 bits per heavy atom. The zero-order valence-electron chi connectivity index (χ0n) is 12.6. The third-order valence-corrected chi connectivity index (χ3v) is 4.06. The molecule has 0 saturated carbocycles. The maximum Gasteiger partial charge on any atom is 0.323 e. The molecule has 0 saturated heterocycles. The number of hydrogen-bond donors (Lipinski definition) is 2. The average Bonchev–Trinajstić information content (AvgIpc) is 2.32. The predicted molar refractivity (Wildman–Crippen MR) is 78.5 cm³/mol. The molecule has 0 heterocycles. The topological polar surface area (TPSA) is 63.3 Å². The zero-order valence-corrected chi connectivity index (χ0v) is 12.6. The molecular weight excluding hydrogens is 238 g/mol. The van der Waals surface area contributed by atoms with E-state index in [4.69, 9.17) is 5.73 Å². The van der Waals surface area contributed by atoms with Crippen LogP contribution in [-0.4, -0.2) is 16.6 Å². The first kappa shape index (κ1) is 15.7. The molecule has 19 heavy (non-hydrogen) atoms. The van der Waals surface area contributed by atoms with Crippen molar-refractivity contribution in [1.82, 2.24) is 0 Å². The predicted octanol–water partition coefficient (Wildman–Crippen LogP) is 3.30. The second-order valence-corrected chi connectivity index (χ2v) is 5.77. The Bertz CT molecular complexity index is 478. The number of carboxylic acids is 1. The summed E-state index contributed by atoms with van der Waals surface area (Å²) in [5.74, 6) is -0.750. The molecule has 2 unspecified atom stereocenters. The van der Waals surface area contributed by atoms with E-state index in [-0.39, 0.29) is 5.92 Å². The second kappa shape index (κ2) is 5.74. The summed E-state index contributed by atoms with van der Waals surface area (Å²) in [5.41, 5.74) is 9.72. The van der Waals surface area contributed by atoms with Crippen LogP contribution in [0.4, 0.5) is 0 Å². The van der Waals surface area contributed by atoms with Gasteiger partial charge in [0.25, 0.3) is 0 Å². The summed E-state index contributed by atoms with van der Waals surface area (Å²) in [6.07, 6.45) is 1.36. The highest BCUT2D eigenvalue weighted by molar-refractivity contribution is 5.78. The van der Waals surface area contributed by atoms with Gasteiger partial charge in [-0.25, -0.2) is 0 Å². The van der Waals surface area contributed by atoms with Crippen molar-refractivity contribution >= 4 is 5.97 Å². The van der Waals surface area contributed by atoms with E-state index in [0.29, 0.717) is 6.42 Å². The molecule has 0 radical (unpaired) electrons. The number of aliphatic carboxylic acids is 1. The largest absolute Gasteiger partial charge is 0.480 e. The van der Waals surface area contributed by atoms with Crippen molar-refractivity contribution in [2.75, 3.05) is 0 Å². The lowest BCUT2D eigenvalue weighted by Gasteiger charge is -2.28. The number of hydrogen-bond acceptors (Lipinski definition) is 2. The van der Waals surface area contributed by atoms with Gasteiger partial charge in [0.1, 0.15) is 5.54 Å². The third kappa shape index (κ3) is 3.35. The molecule has 0 fully saturated rings. The van der Waals surface area contributed by atoms with E-state index in [1.54, 1.807) is 6.92 Å². The first-order valence-corrected chi connectivity index (χ1v) is 6.79. The van der Waals surface area contributed by atoms with E-state index in [1.807, 2.05) is 0 Å². The first-order valence-electron chi connectivity index (χ1n) is 6.79. The molecule has 3 heteroatoms. The van der Waals surface area contributed by atoms with Gasteiger partial charge in [0.2, 0.25) is 0 Å². The fourth-order valence-corrected chi connectivity index (χ4v) is 2.65. The van der Waals surface area contributed by atoms with Gasteiger partial charge in [0, 0.05) is 0 Å². The van der Waals surface area contributed by atoms with Crippen LogP contribution in [0.3, 0.4) is 0 Å². The number of benzene rings is 1. The van der Waals surface area contributed by atoms with Crippen molar-refractivity contribution in [3.63, 3.8) is 0 Å². The molecule has 2 atom stereocenters. The van der Waals surface area contributed by atoms with Gasteiger partial charge in [-0.3, -0.25) is 4.79 Å². The Labute approximate surface area is 115 Å². The molecule has 106 valence electrons. The summed E-state index contributed by atoms with van der Waals surface area (Å²) in [4.78, 5) is 11.2. The molecule has 0 aliphatic rings. The van der Waals surface area contributed by atoms with Gasteiger partial charge >= 0.3 is 5.97 Å². The summed E-state index contributed by atoms with van der Waals surface area (Å²) >= 11 is 0. The first-order chi connectivity index (χ1) is 8.70. The molecule has 1 aromatic carbocycles. The summed E-state index contributed by atoms with van der Waals surface area (Å²) in [5, 5.41) is 9.20. The zero-order chi connectivity index (χ0) is 14.8. The summed E-state index contributed by atoms with van der Waals surface area (Å²) < 4.78 is 0. The van der Waals surface area contributed by atoms with E-state index in [2.05, 4.69) is 39.8 Å². The fourth-order valence-electron chi connectivity index (χ4n) is 2.65. The van der Waals surface area contributed by atoms with Crippen LogP contribution in [0.25, 0.3) is 0 Å². The minimum Gasteiger partial charge on any atom is -0.480 e. The highest BCUT2D eigenvalue weighted by atomic mass is 16.4. The van der Waals surface area contributed by atoms with Crippen LogP contribution in [0, 0.1) is 20.8 Å². The molecular formula is C16H25NO2. The molecule has 0 aromatic heterocycles. The number of rotatable bonds is 5. The van der Waals surface area contributed by atoms with Crippen LogP contribution in [0.15, 0.2) is 12.1 Å². The molecule has 0 aliphatic heterocycles. The number of aryl methyl sites for hydroxylation is 2. The second-order valence-electron chi connectivity index (χ2n) is 5.77. The van der Waals surface area contributed by atoms with Crippen molar-refractivity contribution in [1.29, 1.82) is 0 Å². The van der Waals surface area contributed by atoms with Gasteiger partial charge in [-0.2, -0.15) is 0 Å². The van der Waals surface area contributed by atoms with Gasteiger partial charge in [0.05, 0.1) is 0 Å². The van der Waals surface area contributed by atoms with Gasteiger partial charge in [-0.1, -0.05) is 19.1 Å². The fraction of sp³-hybridized carbons (Fsp3) is 0.562. The average molecular weight is 263 g/mol. The Morgan fingerprint density at radius 1 is 1.32 bits per heavy atom. The lowest BCUT2D eigenvalue weighted by molar-refractivity contribution is -0.143.